The van der Waals surface area contributed by atoms with Crippen LogP contribution in [0.4, 0.5) is 0 Å². The highest BCUT2D eigenvalue weighted by Gasteiger charge is 2.22. The standard InChI is InChI=1S/C17H26N2O2S/c1-5-16(20)19-15(10-11-22-4)17(21)18-13(3)14-9-7-6-8-12(14)2/h6-9,13,15H,5,10-11H2,1-4H3,(H,18,21)(H,19,20)/t13-,15+/m0/s1. The van der Waals surface area contributed by atoms with Gasteiger partial charge in [-0.2, -0.15) is 11.8 Å². The van der Waals surface area contributed by atoms with Gasteiger partial charge in [-0.1, -0.05) is 31.2 Å². The topological polar surface area (TPSA) is 58.2 Å². The number of rotatable bonds is 8. The van der Waals surface area contributed by atoms with Gasteiger partial charge >= 0.3 is 0 Å². The Morgan fingerprint density at radius 2 is 1.91 bits per heavy atom. The van der Waals surface area contributed by atoms with Crippen LogP contribution in [0.1, 0.15) is 43.9 Å². The minimum absolute atomic E-state index is 0.0796. The highest BCUT2D eigenvalue weighted by Crippen LogP contribution is 2.17. The molecule has 5 heteroatoms. The van der Waals surface area contributed by atoms with Crippen LogP contribution in [0.25, 0.3) is 0 Å². The molecule has 0 aliphatic heterocycles. The normalized spacial score (nSPS) is 13.3. The van der Waals surface area contributed by atoms with Gasteiger partial charge in [0.25, 0.3) is 0 Å². The molecule has 122 valence electrons. The van der Waals surface area contributed by atoms with Crippen LogP contribution in [0, 0.1) is 6.92 Å². The van der Waals surface area contributed by atoms with E-state index in [-0.39, 0.29) is 17.9 Å². The van der Waals surface area contributed by atoms with Crippen LogP contribution in [-0.4, -0.2) is 29.9 Å². The average molecular weight is 322 g/mol. The molecule has 4 nitrogen and oxygen atoms in total. The molecule has 0 spiro atoms. The van der Waals surface area contributed by atoms with E-state index in [1.807, 2.05) is 44.4 Å². The molecule has 0 saturated heterocycles. The maximum atomic E-state index is 12.5. The lowest BCUT2D eigenvalue weighted by Crippen LogP contribution is -2.47. The predicted octanol–water partition coefficient (Wildman–Crippen LogP) is 2.82. The van der Waals surface area contributed by atoms with Gasteiger partial charge in [0.15, 0.2) is 0 Å². The van der Waals surface area contributed by atoms with Crippen molar-refractivity contribution in [3.8, 4) is 0 Å². The number of thioether (sulfide) groups is 1. The Balaban J connectivity index is 2.72. The van der Waals surface area contributed by atoms with Gasteiger partial charge in [-0.25, -0.2) is 0 Å². The lowest BCUT2D eigenvalue weighted by Gasteiger charge is -2.22. The first kappa shape index (κ1) is 18.6. The number of aryl methyl sites for hydroxylation is 1. The number of hydrogen-bond acceptors (Lipinski definition) is 3. The average Bonchev–Trinajstić information content (AvgIpc) is 2.51. The van der Waals surface area contributed by atoms with Gasteiger partial charge < -0.3 is 10.6 Å². The Labute approximate surface area is 137 Å². The molecule has 0 aliphatic carbocycles. The highest BCUT2D eigenvalue weighted by molar-refractivity contribution is 7.98. The van der Waals surface area contributed by atoms with E-state index in [4.69, 9.17) is 0 Å². The molecule has 0 saturated carbocycles. The maximum absolute atomic E-state index is 12.5. The summed E-state index contributed by atoms with van der Waals surface area (Å²) < 4.78 is 0. The minimum Gasteiger partial charge on any atom is -0.348 e. The van der Waals surface area contributed by atoms with Gasteiger partial charge in [-0.3, -0.25) is 9.59 Å². The Kier molecular flexibility index (Phi) is 8.02. The summed E-state index contributed by atoms with van der Waals surface area (Å²) in [6, 6.07) is 7.45. The van der Waals surface area contributed by atoms with Crippen LogP contribution in [0.3, 0.4) is 0 Å². The van der Waals surface area contributed by atoms with Crippen molar-refractivity contribution in [3.05, 3.63) is 35.4 Å². The molecule has 1 aromatic carbocycles. The van der Waals surface area contributed by atoms with Crippen LogP contribution < -0.4 is 10.6 Å². The predicted molar refractivity (Wildman–Crippen MR) is 93.0 cm³/mol. The van der Waals surface area contributed by atoms with E-state index in [9.17, 15) is 9.59 Å². The SMILES string of the molecule is CCC(=O)N[C@H](CCSC)C(=O)N[C@@H](C)c1ccccc1C. The lowest BCUT2D eigenvalue weighted by atomic mass is 10.0. The van der Waals surface area contributed by atoms with Crippen molar-refractivity contribution in [1.29, 1.82) is 0 Å². The zero-order chi connectivity index (χ0) is 16.5. The van der Waals surface area contributed by atoms with E-state index in [0.29, 0.717) is 12.8 Å². The zero-order valence-corrected chi connectivity index (χ0v) is 14.6. The molecule has 2 atom stereocenters. The number of carbonyl (C=O) groups is 2. The van der Waals surface area contributed by atoms with Crippen molar-refractivity contribution in [3.63, 3.8) is 0 Å². The molecule has 0 aliphatic rings. The molecule has 1 rings (SSSR count). The Hall–Kier alpha value is -1.49. The molecule has 22 heavy (non-hydrogen) atoms. The van der Waals surface area contributed by atoms with Gasteiger partial charge in [-0.15, -0.1) is 0 Å². The van der Waals surface area contributed by atoms with E-state index >= 15 is 0 Å². The third-order valence-electron chi connectivity index (χ3n) is 3.60. The maximum Gasteiger partial charge on any atom is 0.243 e. The summed E-state index contributed by atoms with van der Waals surface area (Å²) in [5, 5.41) is 5.82. The van der Waals surface area contributed by atoms with Crippen molar-refractivity contribution in [1.82, 2.24) is 10.6 Å². The highest BCUT2D eigenvalue weighted by atomic mass is 32.2. The first-order valence-electron chi connectivity index (χ1n) is 7.63. The van der Waals surface area contributed by atoms with Crippen LogP contribution in [0.15, 0.2) is 24.3 Å². The third-order valence-corrected chi connectivity index (χ3v) is 4.24. The first-order valence-corrected chi connectivity index (χ1v) is 9.03. The number of hydrogen-bond donors (Lipinski definition) is 2. The second-order valence-electron chi connectivity index (χ2n) is 5.34. The molecule has 2 N–H and O–H groups in total. The zero-order valence-electron chi connectivity index (χ0n) is 13.8. The Morgan fingerprint density at radius 3 is 2.50 bits per heavy atom. The molecule has 0 bridgehead atoms. The fourth-order valence-corrected chi connectivity index (χ4v) is 2.74. The van der Waals surface area contributed by atoms with Crippen molar-refractivity contribution < 1.29 is 9.59 Å². The van der Waals surface area contributed by atoms with Crippen LogP contribution in [0.2, 0.25) is 0 Å². The monoisotopic (exact) mass is 322 g/mol. The third kappa shape index (κ3) is 5.72. The summed E-state index contributed by atoms with van der Waals surface area (Å²) in [5.41, 5.74) is 2.25. The van der Waals surface area contributed by atoms with Crippen LogP contribution in [-0.2, 0) is 9.59 Å². The molecule has 0 aromatic heterocycles. The van der Waals surface area contributed by atoms with Gasteiger partial charge in [0.2, 0.25) is 11.8 Å². The molecule has 0 unspecified atom stereocenters. The van der Waals surface area contributed by atoms with Crippen molar-refractivity contribution in [2.24, 2.45) is 0 Å². The molecule has 0 radical (unpaired) electrons. The fraction of sp³-hybridized carbons (Fsp3) is 0.529. The number of benzene rings is 1. The summed E-state index contributed by atoms with van der Waals surface area (Å²) in [6.45, 7) is 5.78. The van der Waals surface area contributed by atoms with Crippen molar-refractivity contribution in [2.75, 3.05) is 12.0 Å². The molecule has 2 amide bonds. The summed E-state index contributed by atoms with van der Waals surface area (Å²) in [5.74, 6) is 0.622. The summed E-state index contributed by atoms with van der Waals surface area (Å²) in [6.07, 6.45) is 3.02. The summed E-state index contributed by atoms with van der Waals surface area (Å²) >= 11 is 1.67. The number of carbonyl (C=O) groups excluding carboxylic acids is 2. The number of amides is 2. The molecular formula is C17H26N2O2S. The minimum atomic E-state index is -0.466. The van der Waals surface area contributed by atoms with E-state index in [1.165, 1.54) is 0 Å². The first-order chi connectivity index (χ1) is 10.5. The van der Waals surface area contributed by atoms with Crippen molar-refractivity contribution >= 4 is 23.6 Å². The fourth-order valence-electron chi connectivity index (χ4n) is 2.27. The van der Waals surface area contributed by atoms with Gasteiger partial charge in [0.1, 0.15) is 6.04 Å². The van der Waals surface area contributed by atoms with Crippen molar-refractivity contribution in [2.45, 2.75) is 45.7 Å². The van der Waals surface area contributed by atoms with Gasteiger partial charge in [-0.05, 0) is 43.4 Å². The number of nitrogens with one attached hydrogen (secondary N) is 2. The van der Waals surface area contributed by atoms with E-state index in [2.05, 4.69) is 10.6 Å². The molecule has 0 heterocycles. The second kappa shape index (κ2) is 9.51. The largest absolute Gasteiger partial charge is 0.348 e. The lowest BCUT2D eigenvalue weighted by molar-refractivity contribution is -0.129. The van der Waals surface area contributed by atoms with Crippen LogP contribution in [0.5, 0.6) is 0 Å². The molecule has 0 fully saturated rings. The van der Waals surface area contributed by atoms with E-state index in [1.54, 1.807) is 18.7 Å². The van der Waals surface area contributed by atoms with E-state index < -0.39 is 6.04 Å². The molecular weight excluding hydrogens is 296 g/mol. The Morgan fingerprint density at radius 1 is 1.23 bits per heavy atom. The second-order valence-corrected chi connectivity index (χ2v) is 6.33. The smallest absolute Gasteiger partial charge is 0.243 e. The van der Waals surface area contributed by atoms with Gasteiger partial charge in [0.05, 0.1) is 6.04 Å². The summed E-state index contributed by atoms with van der Waals surface area (Å²) in [4.78, 5) is 24.1. The van der Waals surface area contributed by atoms with E-state index in [0.717, 1.165) is 16.9 Å². The molecule has 1 aromatic rings. The summed E-state index contributed by atoms with van der Waals surface area (Å²) in [7, 11) is 0. The quantitative estimate of drug-likeness (QED) is 0.774. The Bertz CT molecular complexity index is 505. The van der Waals surface area contributed by atoms with Crippen LogP contribution >= 0.6 is 11.8 Å². The van der Waals surface area contributed by atoms with Gasteiger partial charge in [0, 0.05) is 6.42 Å².